The number of nitrogens with two attached hydrogens (primary N) is 1. The summed E-state index contributed by atoms with van der Waals surface area (Å²) in [7, 11) is 1.38. The van der Waals surface area contributed by atoms with Crippen molar-refractivity contribution in [1.82, 2.24) is 4.90 Å². The highest BCUT2D eigenvalue weighted by Crippen LogP contribution is 2.24. The van der Waals surface area contributed by atoms with Crippen molar-refractivity contribution >= 4 is 17.6 Å². The third-order valence-corrected chi connectivity index (χ3v) is 7.43. The number of nitrogen functional groups attached to an aromatic ring is 1. The first-order chi connectivity index (χ1) is 21.4. The van der Waals surface area contributed by atoms with Crippen LogP contribution >= 0.6 is 0 Å². The van der Waals surface area contributed by atoms with E-state index < -0.39 is 0 Å². The number of esters is 2. The highest BCUT2D eigenvalue weighted by molar-refractivity contribution is 5.89. The predicted molar refractivity (Wildman–Crippen MR) is 174 cm³/mol. The second-order valence-corrected chi connectivity index (χ2v) is 10.7. The van der Waals surface area contributed by atoms with Gasteiger partial charge in [0.2, 0.25) is 0 Å². The summed E-state index contributed by atoms with van der Waals surface area (Å²) in [5, 5.41) is 0. The zero-order chi connectivity index (χ0) is 31.1. The molecule has 4 aromatic carbocycles. The average Bonchev–Trinajstić information content (AvgIpc) is 3.05. The van der Waals surface area contributed by atoms with Crippen molar-refractivity contribution in [2.45, 2.75) is 45.8 Å². The Kier molecular flexibility index (Phi) is 12.4. The van der Waals surface area contributed by atoms with E-state index >= 15 is 0 Å². The van der Waals surface area contributed by atoms with Gasteiger partial charge < -0.3 is 19.9 Å². The summed E-state index contributed by atoms with van der Waals surface area (Å²) in [5.41, 5.74) is 12.8. The van der Waals surface area contributed by atoms with Crippen molar-refractivity contribution in [3.8, 4) is 16.9 Å². The summed E-state index contributed by atoms with van der Waals surface area (Å²) >= 11 is 0. The Morgan fingerprint density at radius 1 is 0.795 bits per heavy atom. The van der Waals surface area contributed by atoms with Crippen LogP contribution in [0.25, 0.3) is 11.1 Å². The van der Waals surface area contributed by atoms with Crippen LogP contribution < -0.4 is 10.5 Å². The third-order valence-electron chi connectivity index (χ3n) is 7.43. The standard InChI is InChI=1S/C37H42N2O5/c1-3-43-36(40)13-6-7-23-39(26-28-14-20-32(21-15-28)37(41)42-2)24-22-31-9-4-5-12-35(31)44-27-29-16-18-30(19-17-29)33-10-8-11-34(38)25-33/h4-5,8-12,14-21,25H,3,6-7,13,22-24,26-27,38H2,1-2H3. The molecule has 0 aliphatic rings. The Labute approximate surface area is 260 Å². The molecule has 4 rings (SSSR count). The number of methoxy groups -OCH3 is 1. The highest BCUT2D eigenvalue weighted by Gasteiger charge is 2.12. The van der Waals surface area contributed by atoms with Crippen LogP contribution in [-0.4, -0.2) is 43.6 Å². The van der Waals surface area contributed by atoms with E-state index in [0.29, 0.717) is 25.2 Å². The maximum Gasteiger partial charge on any atom is 0.337 e. The Morgan fingerprint density at radius 3 is 2.27 bits per heavy atom. The molecule has 0 bridgehead atoms. The van der Waals surface area contributed by atoms with E-state index in [1.165, 1.54) is 7.11 Å². The maximum absolute atomic E-state index is 11.9. The van der Waals surface area contributed by atoms with Crippen molar-refractivity contribution in [2.24, 2.45) is 0 Å². The molecule has 0 saturated carbocycles. The van der Waals surface area contributed by atoms with Crippen molar-refractivity contribution in [3.05, 3.63) is 119 Å². The molecule has 44 heavy (non-hydrogen) atoms. The predicted octanol–water partition coefficient (Wildman–Crippen LogP) is 7.08. The molecule has 0 unspecified atom stereocenters. The molecule has 0 atom stereocenters. The Bertz CT molecular complexity index is 1480. The number of anilines is 1. The van der Waals surface area contributed by atoms with E-state index in [9.17, 15) is 9.59 Å². The smallest absolute Gasteiger partial charge is 0.337 e. The Hall–Kier alpha value is -4.62. The lowest BCUT2D eigenvalue weighted by molar-refractivity contribution is -0.143. The number of nitrogens with zero attached hydrogens (tertiary/aromatic N) is 1. The van der Waals surface area contributed by atoms with Gasteiger partial charge in [0.15, 0.2) is 0 Å². The monoisotopic (exact) mass is 594 g/mol. The molecule has 0 radical (unpaired) electrons. The molecule has 0 fully saturated rings. The van der Waals surface area contributed by atoms with Crippen LogP contribution in [0.1, 0.15) is 53.2 Å². The van der Waals surface area contributed by atoms with Crippen LogP contribution in [0.3, 0.4) is 0 Å². The van der Waals surface area contributed by atoms with Gasteiger partial charge in [-0.25, -0.2) is 4.79 Å². The lowest BCUT2D eigenvalue weighted by atomic mass is 10.0. The van der Waals surface area contributed by atoms with E-state index in [2.05, 4.69) is 41.3 Å². The molecule has 7 nitrogen and oxygen atoms in total. The van der Waals surface area contributed by atoms with Gasteiger partial charge in [-0.3, -0.25) is 9.69 Å². The van der Waals surface area contributed by atoms with Crippen LogP contribution in [0.5, 0.6) is 5.75 Å². The number of carbonyl (C=O) groups excluding carboxylic acids is 2. The minimum atomic E-state index is -0.346. The number of benzene rings is 4. The molecule has 0 amide bonds. The fourth-order valence-electron chi connectivity index (χ4n) is 5.03. The van der Waals surface area contributed by atoms with Gasteiger partial charge in [0.1, 0.15) is 12.4 Å². The topological polar surface area (TPSA) is 91.1 Å². The Morgan fingerprint density at radius 2 is 1.55 bits per heavy atom. The first kappa shape index (κ1) is 32.3. The molecule has 7 heteroatoms. The number of rotatable bonds is 16. The van der Waals surface area contributed by atoms with Gasteiger partial charge in [0.05, 0.1) is 19.3 Å². The molecular weight excluding hydrogens is 552 g/mol. The van der Waals surface area contributed by atoms with Crippen LogP contribution in [0.2, 0.25) is 0 Å². The first-order valence-electron chi connectivity index (χ1n) is 15.2. The fourth-order valence-corrected chi connectivity index (χ4v) is 5.03. The summed E-state index contributed by atoms with van der Waals surface area (Å²) in [5.74, 6) is 0.376. The second-order valence-electron chi connectivity index (χ2n) is 10.7. The van der Waals surface area contributed by atoms with Crippen LogP contribution in [0.4, 0.5) is 5.69 Å². The number of para-hydroxylation sites is 1. The molecule has 0 heterocycles. The lowest BCUT2D eigenvalue weighted by Gasteiger charge is -2.23. The molecule has 0 aromatic heterocycles. The molecule has 0 spiro atoms. The van der Waals surface area contributed by atoms with Gasteiger partial charge in [0, 0.05) is 25.2 Å². The number of ether oxygens (including phenoxy) is 3. The zero-order valence-electron chi connectivity index (χ0n) is 25.7. The first-order valence-corrected chi connectivity index (χ1v) is 15.2. The lowest BCUT2D eigenvalue weighted by Crippen LogP contribution is -2.27. The number of hydrogen-bond donors (Lipinski definition) is 1. The zero-order valence-corrected chi connectivity index (χ0v) is 25.7. The van der Waals surface area contributed by atoms with E-state index in [4.69, 9.17) is 19.9 Å². The summed E-state index contributed by atoms with van der Waals surface area (Å²) in [6, 6.07) is 31.9. The minimum Gasteiger partial charge on any atom is -0.489 e. The van der Waals surface area contributed by atoms with Gasteiger partial charge in [-0.15, -0.1) is 0 Å². The van der Waals surface area contributed by atoms with Gasteiger partial charge >= 0.3 is 11.9 Å². The van der Waals surface area contributed by atoms with Gasteiger partial charge in [0.25, 0.3) is 0 Å². The Balaban J connectivity index is 1.37. The average molecular weight is 595 g/mol. The third kappa shape index (κ3) is 9.99. The SMILES string of the molecule is CCOC(=O)CCCCN(CCc1ccccc1OCc1ccc(-c2cccc(N)c2)cc1)Cc1ccc(C(=O)OC)cc1. The molecule has 2 N–H and O–H groups in total. The van der Waals surface area contributed by atoms with E-state index in [0.717, 1.165) is 78.2 Å². The molecule has 0 saturated heterocycles. The fraction of sp³-hybridized carbons (Fsp3) is 0.297. The highest BCUT2D eigenvalue weighted by atomic mass is 16.5. The van der Waals surface area contributed by atoms with Gasteiger partial charge in [-0.2, -0.15) is 0 Å². The largest absolute Gasteiger partial charge is 0.489 e. The van der Waals surface area contributed by atoms with Crippen molar-refractivity contribution in [1.29, 1.82) is 0 Å². The maximum atomic E-state index is 11.9. The van der Waals surface area contributed by atoms with Gasteiger partial charge in [-0.05, 0) is 90.9 Å². The van der Waals surface area contributed by atoms with Crippen LogP contribution in [-0.2, 0) is 33.8 Å². The second kappa shape index (κ2) is 16.9. The van der Waals surface area contributed by atoms with Crippen molar-refractivity contribution < 1.29 is 23.8 Å². The van der Waals surface area contributed by atoms with E-state index in [1.54, 1.807) is 12.1 Å². The van der Waals surface area contributed by atoms with Crippen LogP contribution in [0, 0.1) is 0 Å². The quantitative estimate of drug-likeness (QED) is 0.0842. The molecular formula is C37H42N2O5. The van der Waals surface area contributed by atoms with Crippen LogP contribution in [0.15, 0.2) is 97.1 Å². The molecule has 230 valence electrons. The van der Waals surface area contributed by atoms with Crippen molar-refractivity contribution in [2.75, 3.05) is 32.5 Å². The summed E-state index contributed by atoms with van der Waals surface area (Å²) < 4.78 is 16.2. The minimum absolute atomic E-state index is 0.150. The molecule has 4 aromatic rings. The van der Waals surface area contributed by atoms with Crippen molar-refractivity contribution in [3.63, 3.8) is 0 Å². The number of unbranched alkanes of at least 4 members (excludes halogenated alkanes) is 1. The molecule has 0 aliphatic carbocycles. The van der Waals surface area contributed by atoms with Gasteiger partial charge in [-0.1, -0.05) is 66.7 Å². The number of hydrogen-bond acceptors (Lipinski definition) is 7. The molecule has 0 aliphatic heterocycles. The number of carbonyl (C=O) groups is 2. The normalized spacial score (nSPS) is 10.9. The summed E-state index contributed by atoms with van der Waals surface area (Å²) in [6.07, 6.45) is 2.88. The summed E-state index contributed by atoms with van der Waals surface area (Å²) in [4.78, 5) is 26.0. The van der Waals surface area contributed by atoms with E-state index in [-0.39, 0.29) is 11.9 Å². The van der Waals surface area contributed by atoms with E-state index in [1.807, 2.05) is 55.5 Å². The summed E-state index contributed by atoms with van der Waals surface area (Å²) in [6.45, 7) is 5.07.